The lowest BCUT2D eigenvalue weighted by Crippen LogP contribution is -1.98. The van der Waals surface area contributed by atoms with Crippen LogP contribution in [0.25, 0.3) is 10.2 Å². The second-order valence-corrected chi connectivity index (χ2v) is 5.63. The molecule has 0 bridgehead atoms. The Hall–Kier alpha value is -0.600. The SMILES string of the molecule is Cc1cc(Cl)c2c3c(sc2n1)CCCC3. The minimum absolute atomic E-state index is 0.886. The summed E-state index contributed by atoms with van der Waals surface area (Å²) in [6.07, 6.45) is 5.00. The number of pyridine rings is 1. The lowest BCUT2D eigenvalue weighted by molar-refractivity contribution is 0.700. The largest absolute Gasteiger partial charge is 0.242 e. The molecule has 1 nitrogen and oxygen atoms in total. The van der Waals surface area contributed by atoms with Crippen molar-refractivity contribution in [1.82, 2.24) is 4.98 Å². The van der Waals surface area contributed by atoms with Gasteiger partial charge < -0.3 is 0 Å². The van der Waals surface area contributed by atoms with E-state index in [1.165, 1.54) is 41.5 Å². The van der Waals surface area contributed by atoms with Crippen molar-refractivity contribution >= 4 is 33.2 Å². The molecule has 0 saturated carbocycles. The van der Waals surface area contributed by atoms with Gasteiger partial charge in [-0.25, -0.2) is 4.98 Å². The van der Waals surface area contributed by atoms with Crippen LogP contribution in [0.2, 0.25) is 5.02 Å². The maximum atomic E-state index is 6.31. The predicted octanol–water partition coefficient (Wildman–Crippen LogP) is 4.14. The highest BCUT2D eigenvalue weighted by Gasteiger charge is 2.18. The Bertz CT molecular complexity index is 530. The molecule has 0 amide bonds. The Morgan fingerprint density at radius 3 is 3.00 bits per heavy atom. The summed E-state index contributed by atoms with van der Waals surface area (Å²) in [5, 5.41) is 2.11. The fraction of sp³-hybridized carbons (Fsp3) is 0.417. The smallest absolute Gasteiger partial charge is 0.125 e. The van der Waals surface area contributed by atoms with Gasteiger partial charge in [-0.05, 0) is 44.2 Å². The van der Waals surface area contributed by atoms with Gasteiger partial charge in [-0.3, -0.25) is 0 Å². The molecule has 0 unspecified atom stereocenters. The fourth-order valence-corrected chi connectivity index (χ4v) is 4.07. The summed E-state index contributed by atoms with van der Waals surface area (Å²) in [5.41, 5.74) is 2.49. The maximum absolute atomic E-state index is 6.31. The second kappa shape index (κ2) is 3.46. The molecule has 2 heterocycles. The Balaban J connectivity index is 2.37. The van der Waals surface area contributed by atoms with Crippen LogP contribution in [0.1, 0.15) is 29.0 Å². The minimum Gasteiger partial charge on any atom is -0.242 e. The van der Waals surface area contributed by atoms with Crippen molar-refractivity contribution < 1.29 is 0 Å². The highest BCUT2D eigenvalue weighted by molar-refractivity contribution is 7.19. The summed E-state index contributed by atoms with van der Waals surface area (Å²) < 4.78 is 0. The zero-order valence-corrected chi connectivity index (χ0v) is 10.2. The van der Waals surface area contributed by atoms with E-state index in [0.717, 1.165) is 15.5 Å². The maximum Gasteiger partial charge on any atom is 0.125 e. The summed E-state index contributed by atoms with van der Waals surface area (Å²) in [6.45, 7) is 2.00. The van der Waals surface area contributed by atoms with E-state index in [1.54, 1.807) is 0 Å². The standard InChI is InChI=1S/C12H12ClNS/c1-7-6-9(13)11-8-4-2-3-5-10(8)15-12(11)14-7/h6H,2-5H2,1H3. The summed E-state index contributed by atoms with van der Waals surface area (Å²) in [7, 11) is 0. The van der Waals surface area contributed by atoms with E-state index in [-0.39, 0.29) is 0 Å². The normalized spacial score (nSPS) is 15.6. The number of hydrogen-bond acceptors (Lipinski definition) is 2. The molecule has 0 N–H and O–H groups in total. The number of rotatable bonds is 0. The molecule has 78 valence electrons. The summed E-state index contributed by atoms with van der Waals surface area (Å²) in [6, 6.07) is 1.98. The molecule has 0 saturated heterocycles. The molecule has 2 aromatic rings. The van der Waals surface area contributed by atoms with Crippen molar-refractivity contribution in [2.75, 3.05) is 0 Å². The first-order valence-electron chi connectivity index (χ1n) is 5.33. The Morgan fingerprint density at radius 2 is 2.13 bits per heavy atom. The van der Waals surface area contributed by atoms with Crippen molar-refractivity contribution in [3.8, 4) is 0 Å². The molecule has 15 heavy (non-hydrogen) atoms. The highest BCUT2D eigenvalue weighted by atomic mass is 35.5. The van der Waals surface area contributed by atoms with Gasteiger partial charge in [-0.2, -0.15) is 0 Å². The van der Waals surface area contributed by atoms with E-state index in [4.69, 9.17) is 11.6 Å². The number of nitrogens with zero attached hydrogens (tertiary/aromatic N) is 1. The van der Waals surface area contributed by atoms with Crippen LogP contribution in [-0.4, -0.2) is 4.98 Å². The third-order valence-electron chi connectivity index (χ3n) is 3.01. The number of thiophene rings is 1. The molecule has 0 fully saturated rings. The molecule has 1 aliphatic carbocycles. The van der Waals surface area contributed by atoms with Gasteiger partial charge in [0.15, 0.2) is 0 Å². The van der Waals surface area contributed by atoms with Gasteiger partial charge in [0.25, 0.3) is 0 Å². The lowest BCUT2D eigenvalue weighted by atomic mass is 9.97. The topological polar surface area (TPSA) is 12.9 Å². The zero-order chi connectivity index (χ0) is 10.4. The molecule has 0 spiro atoms. The zero-order valence-electron chi connectivity index (χ0n) is 8.64. The van der Waals surface area contributed by atoms with E-state index >= 15 is 0 Å². The van der Waals surface area contributed by atoms with Crippen molar-refractivity contribution in [1.29, 1.82) is 0 Å². The van der Waals surface area contributed by atoms with Gasteiger partial charge in [0.05, 0.1) is 5.02 Å². The number of hydrogen-bond donors (Lipinski definition) is 0. The average Bonchev–Trinajstić information content (AvgIpc) is 2.54. The van der Waals surface area contributed by atoms with Crippen LogP contribution in [0.3, 0.4) is 0 Å². The van der Waals surface area contributed by atoms with E-state index in [0.29, 0.717) is 0 Å². The third-order valence-corrected chi connectivity index (χ3v) is 4.49. The molecule has 0 radical (unpaired) electrons. The molecular weight excluding hydrogens is 226 g/mol. The molecule has 1 aliphatic rings. The van der Waals surface area contributed by atoms with E-state index < -0.39 is 0 Å². The van der Waals surface area contributed by atoms with E-state index in [1.807, 2.05) is 24.3 Å². The molecule has 0 aromatic carbocycles. The van der Waals surface area contributed by atoms with Gasteiger partial charge in [-0.1, -0.05) is 11.6 Å². The van der Waals surface area contributed by atoms with E-state index in [9.17, 15) is 0 Å². The van der Waals surface area contributed by atoms with Crippen LogP contribution in [0, 0.1) is 6.92 Å². The van der Waals surface area contributed by atoms with Gasteiger partial charge in [-0.15, -0.1) is 11.3 Å². The molecule has 3 heteroatoms. The third kappa shape index (κ3) is 1.47. The monoisotopic (exact) mass is 237 g/mol. The van der Waals surface area contributed by atoms with Gasteiger partial charge in [0, 0.05) is 16.0 Å². The van der Waals surface area contributed by atoms with Crippen LogP contribution in [-0.2, 0) is 12.8 Å². The lowest BCUT2D eigenvalue weighted by Gasteiger charge is -2.10. The van der Waals surface area contributed by atoms with Crippen molar-refractivity contribution in [3.05, 3.63) is 27.2 Å². The van der Waals surface area contributed by atoms with Crippen LogP contribution in [0.4, 0.5) is 0 Å². The average molecular weight is 238 g/mol. The second-order valence-electron chi connectivity index (χ2n) is 4.14. The Morgan fingerprint density at radius 1 is 1.33 bits per heavy atom. The molecule has 2 aromatic heterocycles. The quantitative estimate of drug-likeness (QED) is 0.671. The number of halogens is 1. The first kappa shape index (κ1) is 9.61. The van der Waals surface area contributed by atoms with Crippen molar-refractivity contribution in [2.24, 2.45) is 0 Å². The summed E-state index contributed by atoms with van der Waals surface area (Å²) >= 11 is 8.14. The number of aryl methyl sites for hydroxylation is 3. The molecule has 0 atom stereocenters. The summed E-state index contributed by atoms with van der Waals surface area (Å²) in [5.74, 6) is 0. The van der Waals surface area contributed by atoms with Gasteiger partial charge in [0.1, 0.15) is 4.83 Å². The van der Waals surface area contributed by atoms with Crippen LogP contribution in [0.5, 0.6) is 0 Å². The first-order valence-corrected chi connectivity index (χ1v) is 6.52. The number of fused-ring (bicyclic) bond motifs is 3. The highest BCUT2D eigenvalue weighted by Crippen LogP contribution is 2.39. The molecule has 3 rings (SSSR count). The number of aromatic nitrogens is 1. The fourth-order valence-electron chi connectivity index (χ4n) is 2.32. The first-order chi connectivity index (χ1) is 7.25. The predicted molar refractivity (Wildman–Crippen MR) is 66.0 cm³/mol. The van der Waals surface area contributed by atoms with Crippen molar-refractivity contribution in [2.45, 2.75) is 32.6 Å². The van der Waals surface area contributed by atoms with Crippen molar-refractivity contribution in [3.63, 3.8) is 0 Å². The van der Waals surface area contributed by atoms with Gasteiger partial charge in [0.2, 0.25) is 0 Å². The summed E-state index contributed by atoms with van der Waals surface area (Å²) in [4.78, 5) is 7.22. The minimum atomic E-state index is 0.886. The van der Waals surface area contributed by atoms with Gasteiger partial charge >= 0.3 is 0 Å². The Labute approximate surface area is 98.1 Å². The molecular formula is C12H12ClNS. The van der Waals surface area contributed by atoms with Crippen LogP contribution >= 0.6 is 22.9 Å². The van der Waals surface area contributed by atoms with Crippen LogP contribution < -0.4 is 0 Å². The van der Waals surface area contributed by atoms with E-state index in [2.05, 4.69) is 4.98 Å². The molecule has 0 aliphatic heterocycles. The Kier molecular flexibility index (Phi) is 2.22. The van der Waals surface area contributed by atoms with Crippen LogP contribution in [0.15, 0.2) is 6.07 Å².